The summed E-state index contributed by atoms with van der Waals surface area (Å²) in [5.74, 6) is -0.371. The molecule has 0 spiro atoms. The maximum absolute atomic E-state index is 11.9. The highest BCUT2D eigenvalue weighted by atomic mass is 35.5. The van der Waals surface area contributed by atoms with E-state index >= 15 is 0 Å². The molecule has 2 rings (SSSR count). The Balaban J connectivity index is 1.81. The average molecular weight is 297 g/mol. The lowest BCUT2D eigenvalue weighted by Gasteiger charge is -2.16. The van der Waals surface area contributed by atoms with Gasteiger partial charge in [-0.25, -0.2) is 0 Å². The zero-order valence-electron chi connectivity index (χ0n) is 11.3. The van der Waals surface area contributed by atoms with Crippen LogP contribution in [-0.2, 0) is 9.53 Å². The van der Waals surface area contributed by atoms with Gasteiger partial charge >= 0.3 is 0 Å². The fourth-order valence-corrected chi connectivity index (χ4v) is 2.24. The third kappa shape index (κ3) is 3.71. The molecule has 1 fully saturated rings. The molecule has 108 valence electrons. The molecule has 1 aromatic rings. The smallest absolute Gasteiger partial charge is 0.251 e. The molecule has 1 aromatic carbocycles. The van der Waals surface area contributed by atoms with Gasteiger partial charge in [-0.2, -0.15) is 0 Å². The monoisotopic (exact) mass is 296 g/mol. The van der Waals surface area contributed by atoms with Crippen molar-refractivity contribution in [3.8, 4) is 0 Å². The van der Waals surface area contributed by atoms with Gasteiger partial charge in [-0.3, -0.25) is 9.59 Å². The molecule has 20 heavy (non-hydrogen) atoms. The second-order valence-electron chi connectivity index (χ2n) is 4.68. The van der Waals surface area contributed by atoms with E-state index in [1.165, 1.54) is 0 Å². The molecule has 1 saturated heterocycles. The number of amides is 2. The summed E-state index contributed by atoms with van der Waals surface area (Å²) < 4.78 is 5.20. The second kappa shape index (κ2) is 6.72. The maximum Gasteiger partial charge on any atom is 0.251 e. The molecule has 0 radical (unpaired) electrons. The Morgan fingerprint density at radius 3 is 2.70 bits per heavy atom. The molecule has 1 unspecified atom stereocenters. The number of rotatable bonds is 4. The zero-order chi connectivity index (χ0) is 14.5. The lowest BCUT2D eigenvalue weighted by atomic mass is 10.2. The summed E-state index contributed by atoms with van der Waals surface area (Å²) >= 11 is 5.75. The third-order valence-corrected chi connectivity index (χ3v) is 3.59. The van der Waals surface area contributed by atoms with Crippen LogP contribution in [0.1, 0.15) is 16.8 Å². The molecule has 0 aromatic heterocycles. The first-order chi connectivity index (χ1) is 9.60. The second-order valence-corrected chi connectivity index (χ2v) is 5.11. The predicted octanol–water partition coefficient (Wildman–Crippen LogP) is 1.32. The lowest BCUT2D eigenvalue weighted by Crippen LogP contribution is -2.39. The molecular formula is C14H17ClN2O3. The molecule has 2 amide bonds. The predicted molar refractivity (Wildman–Crippen MR) is 75.8 cm³/mol. The van der Waals surface area contributed by atoms with Gasteiger partial charge < -0.3 is 15.0 Å². The number of nitrogens with one attached hydrogen (secondary N) is 1. The third-order valence-electron chi connectivity index (χ3n) is 3.34. The van der Waals surface area contributed by atoms with E-state index in [1.54, 1.807) is 36.3 Å². The quantitative estimate of drug-likeness (QED) is 0.911. The summed E-state index contributed by atoms with van der Waals surface area (Å²) in [6.07, 6.45) is 0.943. The van der Waals surface area contributed by atoms with Crippen LogP contribution < -0.4 is 5.32 Å². The number of hydrogen-bond acceptors (Lipinski definition) is 3. The van der Waals surface area contributed by atoms with Crippen LogP contribution in [0.15, 0.2) is 24.3 Å². The first-order valence-electron chi connectivity index (χ1n) is 6.44. The Kier molecular flexibility index (Phi) is 4.98. The summed E-state index contributed by atoms with van der Waals surface area (Å²) in [4.78, 5) is 25.5. The van der Waals surface area contributed by atoms with Crippen molar-refractivity contribution in [1.29, 1.82) is 0 Å². The fourth-order valence-electron chi connectivity index (χ4n) is 2.12. The molecule has 0 bridgehead atoms. The molecular weight excluding hydrogens is 280 g/mol. The molecule has 1 atom stereocenters. The molecule has 5 nitrogen and oxygen atoms in total. The van der Waals surface area contributed by atoms with Gasteiger partial charge in [0.15, 0.2) is 0 Å². The van der Waals surface area contributed by atoms with Crippen molar-refractivity contribution in [2.75, 3.05) is 26.7 Å². The molecule has 1 heterocycles. The normalized spacial score (nSPS) is 18.1. The number of methoxy groups -OCH3 is 1. The standard InChI is InChI=1S/C14H17ClN2O3/c1-20-12-6-7-17(9-12)13(18)8-16-14(19)10-2-4-11(15)5-3-10/h2-5,12H,6-9H2,1H3,(H,16,19). The van der Waals surface area contributed by atoms with Crippen molar-refractivity contribution in [1.82, 2.24) is 10.2 Å². The van der Waals surface area contributed by atoms with Crippen LogP contribution in [0, 0.1) is 0 Å². The van der Waals surface area contributed by atoms with Crippen LogP contribution in [0.3, 0.4) is 0 Å². The highest BCUT2D eigenvalue weighted by Crippen LogP contribution is 2.12. The Bertz CT molecular complexity index is 490. The van der Waals surface area contributed by atoms with Crippen LogP contribution in [0.2, 0.25) is 5.02 Å². The van der Waals surface area contributed by atoms with E-state index < -0.39 is 0 Å². The van der Waals surface area contributed by atoms with Crippen molar-refractivity contribution in [3.05, 3.63) is 34.9 Å². The number of nitrogens with zero attached hydrogens (tertiary/aromatic N) is 1. The molecule has 0 aliphatic carbocycles. The van der Waals surface area contributed by atoms with Crippen LogP contribution in [0.5, 0.6) is 0 Å². The number of carbonyl (C=O) groups excluding carboxylic acids is 2. The molecule has 1 N–H and O–H groups in total. The number of hydrogen-bond donors (Lipinski definition) is 1. The van der Waals surface area contributed by atoms with Crippen molar-refractivity contribution >= 4 is 23.4 Å². The highest BCUT2D eigenvalue weighted by molar-refractivity contribution is 6.30. The summed E-state index contributed by atoms with van der Waals surface area (Å²) in [6, 6.07) is 6.53. The Hall–Kier alpha value is -1.59. The van der Waals surface area contributed by atoms with Gasteiger partial charge in [0.25, 0.3) is 5.91 Å². The first kappa shape index (κ1) is 14.8. The maximum atomic E-state index is 11.9. The van der Waals surface area contributed by atoms with E-state index in [9.17, 15) is 9.59 Å². The number of likely N-dealkylation sites (tertiary alicyclic amines) is 1. The van der Waals surface area contributed by atoms with Gasteiger partial charge in [-0.05, 0) is 30.7 Å². The highest BCUT2D eigenvalue weighted by Gasteiger charge is 2.25. The van der Waals surface area contributed by atoms with Crippen LogP contribution in [0.4, 0.5) is 0 Å². The lowest BCUT2D eigenvalue weighted by molar-refractivity contribution is -0.129. The van der Waals surface area contributed by atoms with Crippen molar-refractivity contribution in [3.63, 3.8) is 0 Å². The minimum absolute atomic E-state index is 0.00209. The largest absolute Gasteiger partial charge is 0.380 e. The first-order valence-corrected chi connectivity index (χ1v) is 6.82. The molecule has 1 aliphatic rings. The van der Waals surface area contributed by atoms with E-state index in [-0.39, 0.29) is 24.5 Å². The van der Waals surface area contributed by atoms with E-state index in [0.717, 1.165) is 6.42 Å². The van der Waals surface area contributed by atoms with Gasteiger partial charge in [0, 0.05) is 30.8 Å². The van der Waals surface area contributed by atoms with Gasteiger partial charge in [0.05, 0.1) is 12.6 Å². The van der Waals surface area contributed by atoms with Gasteiger partial charge in [0.1, 0.15) is 0 Å². The number of carbonyl (C=O) groups is 2. The molecule has 0 saturated carbocycles. The van der Waals surface area contributed by atoms with Gasteiger partial charge in [-0.1, -0.05) is 11.6 Å². The fraction of sp³-hybridized carbons (Fsp3) is 0.429. The minimum atomic E-state index is -0.280. The Morgan fingerprint density at radius 2 is 2.10 bits per heavy atom. The van der Waals surface area contributed by atoms with E-state index in [1.807, 2.05) is 0 Å². The van der Waals surface area contributed by atoms with Crippen LogP contribution in [0.25, 0.3) is 0 Å². The van der Waals surface area contributed by atoms with Gasteiger partial charge in [-0.15, -0.1) is 0 Å². The summed E-state index contributed by atoms with van der Waals surface area (Å²) in [5, 5.41) is 3.18. The summed E-state index contributed by atoms with van der Waals surface area (Å²) in [7, 11) is 1.64. The van der Waals surface area contributed by atoms with Gasteiger partial charge in [0.2, 0.25) is 5.91 Å². The van der Waals surface area contributed by atoms with E-state index in [4.69, 9.17) is 16.3 Å². The number of benzene rings is 1. The Morgan fingerprint density at radius 1 is 1.40 bits per heavy atom. The topological polar surface area (TPSA) is 58.6 Å². The Labute approximate surface area is 122 Å². The minimum Gasteiger partial charge on any atom is -0.380 e. The summed E-state index contributed by atoms with van der Waals surface area (Å²) in [6.45, 7) is 1.26. The number of halogens is 1. The van der Waals surface area contributed by atoms with E-state index in [2.05, 4.69) is 5.32 Å². The van der Waals surface area contributed by atoms with Crippen LogP contribution >= 0.6 is 11.6 Å². The SMILES string of the molecule is COC1CCN(C(=O)CNC(=O)c2ccc(Cl)cc2)C1. The van der Waals surface area contributed by atoms with Crippen LogP contribution in [-0.4, -0.2) is 49.6 Å². The van der Waals surface area contributed by atoms with Crippen molar-refractivity contribution in [2.24, 2.45) is 0 Å². The summed E-state index contributed by atoms with van der Waals surface area (Å²) in [5.41, 5.74) is 0.485. The molecule has 1 aliphatic heterocycles. The number of ether oxygens (including phenoxy) is 1. The van der Waals surface area contributed by atoms with Crippen molar-refractivity contribution < 1.29 is 14.3 Å². The van der Waals surface area contributed by atoms with Crippen molar-refractivity contribution in [2.45, 2.75) is 12.5 Å². The van der Waals surface area contributed by atoms with E-state index in [0.29, 0.717) is 23.7 Å². The zero-order valence-corrected chi connectivity index (χ0v) is 12.0. The average Bonchev–Trinajstić information content (AvgIpc) is 2.94. The molecule has 6 heteroatoms.